The van der Waals surface area contributed by atoms with E-state index in [0.29, 0.717) is 11.0 Å². The summed E-state index contributed by atoms with van der Waals surface area (Å²) in [5.41, 5.74) is -2.83. The Morgan fingerprint density at radius 2 is 2.00 bits per heavy atom. The fraction of sp³-hybridized carbons (Fsp3) is 0.462. The SMILES string of the molecule is OCC1OC(n2cnc3ccccc32)[C@@](O)(C(F)(F)F)C1O. The van der Waals surface area contributed by atoms with E-state index in [4.69, 9.17) is 9.84 Å². The van der Waals surface area contributed by atoms with E-state index in [0.717, 1.165) is 10.9 Å². The number of benzene rings is 1. The van der Waals surface area contributed by atoms with Crippen LogP contribution in [0.25, 0.3) is 11.0 Å². The minimum atomic E-state index is -5.16. The zero-order valence-corrected chi connectivity index (χ0v) is 11.1. The molecule has 1 aromatic heterocycles. The van der Waals surface area contributed by atoms with Gasteiger partial charge in [-0.2, -0.15) is 13.2 Å². The third kappa shape index (κ3) is 1.93. The van der Waals surface area contributed by atoms with Crippen LogP contribution in [0.3, 0.4) is 0 Å². The van der Waals surface area contributed by atoms with Crippen LogP contribution in [0, 0.1) is 0 Å². The second-order valence-electron chi connectivity index (χ2n) is 5.12. The van der Waals surface area contributed by atoms with Gasteiger partial charge in [0.15, 0.2) is 6.23 Å². The minimum absolute atomic E-state index is 0.306. The number of ether oxygens (including phenoxy) is 1. The van der Waals surface area contributed by atoms with E-state index in [1.54, 1.807) is 18.2 Å². The standard InChI is InChI=1S/C13H13F3N2O4/c14-13(15,16)12(21)10(20)9(5-19)22-11(12)18-6-17-7-3-1-2-4-8(7)18/h1-4,6,9-11,19-21H,5H2/t9?,10?,11?,12-/m1/s1. The van der Waals surface area contributed by atoms with Crippen LogP contribution in [0.4, 0.5) is 13.2 Å². The van der Waals surface area contributed by atoms with Crippen molar-refractivity contribution < 1.29 is 33.2 Å². The van der Waals surface area contributed by atoms with Crippen LogP contribution in [0.5, 0.6) is 0 Å². The highest BCUT2D eigenvalue weighted by molar-refractivity contribution is 5.75. The van der Waals surface area contributed by atoms with E-state index in [1.165, 1.54) is 6.07 Å². The molecule has 0 aliphatic carbocycles. The van der Waals surface area contributed by atoms with Crippen LogP contribution in [-0.2, 0) is 4.74 Å². The van der Waals surface area contributed by atoms with Crippen molar-refractivity contribution in [1.29, 1.82) is 0 Å². The van der Waals surface area contributed by atoms with Gasteiger partial charge in [0.25, 0.3) is 0 Å². The lowest BCUT2D eigenvalue weighted by Gasteiger charge is -2.33. The molecule has 2 aromatic rings. The number of imidazole rings is 1. The van der Waals surface area contributed by atoms with Gasteiger partial charge in [-0.1, -0.05) is 12.1 Å². The molecule has 0 amide bonds. The Morgan fingerprint density at radius 1 is 1.32 bits per heavy atom. The summed E-state index contributed by atoms with van der Waals surface area (Å²) in [7, 11) is 0. The van der Waals surface area contributed by atoms with Gasteiger partial charge in [0, 0.05) is 0 Å². The first kappa shape index (κ1) is 15.2. The average molecular weight is 318 g/mol. The molecule has 1 fully saturated rings. The first-order valence-corrected chi connectivity index (χ1v) is 6.45. The second kappa shape index (κ2) is 4.92. The van der Waals surface area contributed by atoms with Crippen molar-refractivity contribution in [1.82, 2.24) is 9.55 Å². The molecule has 6 nitrogen and oxygen atoms in total. The van der Waals surface area contributed by atoms with Crippen LogP contribution < -0.4 is 0 Å². The Morgan fingerprint density at radius 3 is 2.64 bits per heavy atom. The number of aliphatic hydroxyl groups is 3. The Hall–Kier alpha value is -1.68. The van der Waals surface area contributed by atoms with Gasteiger partial charge in [-0.15, -0.1) is 0 Å². The maximum absolute atomic E-state index is 13.3. The zero-order chi connectivity index (χ0) is 16.1. The highest BCUT2D eigenvalue weighted by Crippen LogP contribution is 2.49. The largest absolute Gasteiger partial charge is 0.424 e. The molecule has 1 aromatic carbocycles. The molecular weight excluding hydrogens is 305 g/mol. The molecule has 120 valence electrons. The van der Waals surface area contributed by atoms with Crippen molar-refractivity contribution in [2.75, 3.05) is 6.61 Å². The molecule has 2 heterocycles. The van der Waals surface area contributed by atoms with Gasteiger partial charge in [0.05, 0.1) is 24.0 Å². The van der Waals surface area contributed by atoms with Gasteiger partial charge >= 0.3 is 6.18 Å². The van der Waals surface area contributed by atoms with Crippen molar-refractivity contribution in [2.45, 2.75) is 30.2 Å². The summed E-state index contributed by atoms with van der Waals surface area (Å²) >= 11 is 0. The normalized spacial score (nSPS) is 32.7. The number of fused-ring (bicyclic) bond motifs is 1. The third-order valence-corrected chi connectivity index (χ3v) is 3.85. The molecule has 3 rings (SSSR count). The van der Waals surface area contributed by atoms with E-state index in [2.05, 4.69) is 4.98 Å². The van der Waals surface area contributed by atoms with E-state index in [1.807, 2.05) is 0 Å². The van der Waals surface area contributed by atoms with Crippen LogP contribution in [0.1, 0.15) is 6.23 Å². The Kier molecular flexibility index (Phi) is 3.40. The summed E-state index contributed by atoms with van der Waals surface area (Å²) < 4.78 is 46.1. The second-order valence-corrected chi connectivity index (χ2v) is 5.12. The van der Waals surface area contributed by atoms with Gasteiger partial charge in [-0.3, -0.25) is 0 Å². The molecule has 0 spiro atoms. The summed E-state index contributed by atoms with van der Waals surface area (Å²) in [5.74, 6) is 0. The van der Waals surface area contributed by atoms with Gasteiger partial charge in [-0.05, 0) is 12.1 Å². The van der Waals surface area contributed by atoms with Crippen molar-refractivity contribution in [3.05, 3.63) is 30.6 Å². The number of halogens is 3. The molecule has 1 saturated heterocycles. The number of nitrogens with zero attached hydrogens (tertiary/aromatic N) is 2. The van der Waals surface area contributed by atoms with Crippen LogP contribution in [0.15, 0.2) is 30.6 Å². The van der Waals surface area contributed by atoms with Gasteiger partial charge in [0.2, 0.25) is 5.60 Å². The van der Waals surface area contributed by atoms with Crippen molar-refractivity contribution in [3.63, 3.8) is 0 Å². The smallest absolute Gasteiger partial charge is 0.394 e. The molecule has 3 unspecified atom stereocenters. The summed E-state index contributed by atoms with van der Waals surface area (Å²) in [6, 6.07) is 6.37. The van der Waals surface area contributed by atoms with Gasteiger partial charge < -0.3 is 24.6 Å². The minimum Gasteiger partial charge on any atom is -0.394 e. The van der Waals surface area contributed by atoms with Crippen molar-refractivity contribution in [3.8, 4) is 0 Å². The number of hydrogen-bond acceptors (Lipinski definition) is 5. The van der Waals surface area contributed by atoms with E-state index < -0.39 is 36.8 Å². The zero-order valence-electron chi connectivity index (χ0n) is 11.1. The number of hydrogen-bond donors (Lipinski definition) is 3. The maximum Gasteiger partial charge on any atom is 0.424 e. The molecular formula is C13H13F3N2O4. The van der Waals surface area contributed by atoms with E-state index in [-0.39, 0.29) is 0 Å². The molecule has 0 saturated carbocycles. The van der Waals surface area contributed by atoms with E-state index in [9.17, 15) is 23.4 Å². The van der Waals surface area contributed by atoms with Crippen molar-refractivity contribution in [2.24, 2.45) is 0 Å². The molecule has 1 aliphatic rings. The van der Waals surface area contributed by atoms with Crippen LogP contribution in [-0.4, -0.2) is 55.5 Å². The first-order valence-electron chi connectivity index (χ1n) is 6.45. The van der Waals surface area contributed by atoms with Gasteiger partial charge in [-0.25, -0.2) is 4.98 Å². The molecule has 3 N–H and O–H groups in total. The predicted octanol–water partition coefficient (Wildman–Crippen LogP) is 0.580. The molecule has 22 heavy (non-hydrogen) atoms. The summed E-state index contributed by atoms with van der Waals surface area (Å²) in [4.78, 5) is 3.95. The highest BCUT2D eigenvalue weighted by atomic mass is 19.4. The monoisotopic (exact) mass is 318 g/mol. The lowest BCUT2D eigenvalue weighted by Crippen LogP contribution is -2.57. The summed E-state index contributed by atoms with van der Waals surface area (Å²) in [6.45, 7) is -0.858. The Bertz CT molecular complexity index is 689. The molecule has 1 aliphatic heterocycles. The fourth-order valence-corrected chi connectivity index (χ4v) is 2.67. The Labute approximate surface area is 122 Å². The molecule has 4 atom stereocenters. The lowest BCUT2D eigenvalue weighted by molar-refractivity contribution is -0.303. The molecule has 0 bridgehead atoms. The number of alkyl halides is 3. The summed E-state index contributed by atoms with van der Waals surface area (Å²) in [6.07, 6.45) is -9.89. The molecule has 9 heteroatoms. The molecule has 0 radical (unpaired) electrons. The fourth-order valence-electron chi connectivity index (χ4n) is 2.67. The van der Waals surface area contributed by atoms with Crippen molar-refractivity contribution >= 4 is 11.0 Å². The number of rotatable bonds is 2. The number of aliphatic hydroxyl groups excluding tert-OH is 2. The average Bonchev–Trinajstić information content (AvgIpc) is 3.00. The van der Waals surface area contributed by atoms with Gasteiger partial charge in [0.1, 0.15) is 12.2 Å². The first-order chi connectivity index (χ1) is 10.3. The summed E-state index contributed by atoms with van der Waals surface area (Å²) in [5, 5.41) is 29.0. The topological polar surface area (TPSA) is 87.7 Å². The lowest BCUT2D eigenvalue weighted by atomic mass is 9.93. The van der Waals surface area contributed by atoms with E-state index >= 15 is 0 Å². The third-order valence-electron chi connectivity index (χ3n) is 3.85. The Balaban J connectivity index is 2.15. The van der Waals surface area contributed by atoms with Crippen LogP contribution in [0.2, 0.25) is 0 Å². The van der Waals surface area contributed by atoms with Crippen LogP contribution >= 0.6 is 0 Å². The number of para-hydroxylation sites is 2. The number of aromatic nitrogens is 2. The predicted molar refractivity (Wildman–Crippen MR) is 67.7 cm³/mol. The highest BCUT2D eigenvalue weighted by Gasteiger charge is 2.70. The maximum atomic E-state index is 13.3. The quantitative estimate of drug-likeness (QED) is 0.754.